The van der Waals surface area contributed by atoms with Crippen LogP contribution in [0.25, 0.3) is 10.2 Å². The van der Waals surface area contributed by atoms with Gasteiger partial charge in [0.1, 0.15) is 17.2 Å². The monoisotopic (exact) mass is 455 g/mol. The minimum Gasteiger partial charge on any atom is -0.496 e. The number of methoxy groups -OCH3 is 3. The largest absolute Gasteiger partial charge is 0.496 e. The first kappa shape index (κ1) is 22.5. The molecule has 1 amide bonds. The second-order valence-corrected chi connectivity index (χ2v) is 9.19. The smallest absolute Gasteiger partial charge is 0.261 e. The van der Waals surface area contributed by atoms with E-state index in [9.17, 15) is 4.79 Å². The molecule has 1 saturated carbocycles. The lowest BCUT2D eigenvalue weighted by Gasteiger charge is -2.31. The van der Waals surface area contributed by atoms with Gasteiger partial charge in [0.05, 0.1) is 24.5 Å². The van der Waals surface area contributed by atoms with Gasteiger partial charge in [0.25, 0.3) is 5.91 Å². The van der Waals surface area contributed by atoms with E-state index in [1.807, 2.05) is 25.1 Å². The summed E-state index contributed by atoms with van der Waals surface area (Å²) >= 11 is 1.36. The maximum Gasteiger partial charge on any atom is 0.261 e. The fourth-order valence-corrected chi connectivity index (χ4v) is 5.81. The zero-order chi connectivity index (χ0) is 22.7. The predicted octanol–water partition coefficient (Wildman–Crippen LogP) is 4.41. The van der Waals surface area contributed by atoms with E-state index in [0.717, 1.165) is 47.2 Å². The van der Waals surface area contributed by atoms with Gasteiger partial charge in [-0.2, -0.15) is 4.98 Å². The van der Waals surface area contributed by atoms with Crippen molar-refractivity contribution >= 4 is 27.5 Å². The molecule has 3 aromatic rings. The number of carbonyl (C=O) groups is 1. The number of hydrogen-bond donors (Lipinski definition) is 1. The molecule has 7 nitrogen and oxygen atoms in total. The van der Waals surface area contributed by atoms with E-state index in [-0.39, 0.29) is 17.9 Å². The Morgan fingerprint density at radius 3 is 2.56 bits per heavy atom. The molecule has 32 heavy (non-hydrogen) atoms. The number of benzene rings is 1. The van der Waals surface area contributed by atoms with E-state index in [1.54, 1.807) is 21.3 Å². The van der Waals surface area contributed by atoms with E-state index in [4.69, 9.17) is 14.2 Å². The van der Waals surface area contributed by atoms with Crippen LogP contribution in [-0.2, 0) is 16.8 Å². The lowest BCUT2D eigenvalue weighted by molar-refractivity contribution is 0.0946. The van der Waals surface area contributed by atoms with E-state index in [2.05, 4.69) is 21.4 Å². The van der Waals surface area contributed by atoms with Crippen LogP contribution in [0.2, 0.25) is 0 Å². The molecule has 1 aromatic carbocycles. The molecule has 1 aliphatic rings. The molecule has 0 radical (unpaired) electrons. The van der Waals surface area contributed by atoms with Crippen LogP contribution in [0.4, 0.5) is 0 Å². The summed E-state index contributed by atoms with van der Waals surface area (Å²) in [6.07, 6.45) is 4.34. The second-order valence-electron chi connectivity index (χ2n) is 8.19. The summed E-state index contributed by atoms with van der Waals surface area (Å²) in [5.41, 5.74) is 1.89. The fourth-order valence-electron chi connectivity index (χ4n) is 4.71. The fraction of sp³-hybridized carbons (Fsp3) is 0.458. The third-order valence-corrected chi connectivity index (χ3v) is 7.49. The van der Waals surface area contributed by atoms with Crippen molar-refractivity contribution in [1.29, 1.82) is 0 Å². The van der Waals surface area contributed by atoms with Gasteiger partial charge in [-0.15, -0.1) is 11.3 Å². The van der Waals surface area contributed by atoms with Crippen molar-refractivity contribution in [2.24, 2.45) is 0 Å². The number of para-hydroxylation sites is 1. The minimum atomic E-state index is -0.115. The number of thiophene rings is 1. The van der Waals surface area contributed by atoms with Crippen molar-refractivity contribution < 1.29 is 19.0 Å². The van der Waals surface area contributed by atoms with E-state index in [0.29, 0.717) is 23.1 Å². The Bertz CT molecular complexity index is 1120. The van der Waals surface area contributed by atoms with Crippen LogP contribution in [0.1, 0.15) is 52.3 Å². The zero-order valence-corrected chi connectivity index (χ0v) is 19.8. The van der Waals surface area contributed by atoms with Crippen LogP contribution in [0.3, 0.4) is 0 Å². The van der Waals surface area contributed by atoms with E-state index < -0.39 is 0 Å². The van der Waals surface area contributed by atoms with Crippen molar-refractivity contribution in [3.8, 4) is 11.6 Å². The molecule has 1 fully saturated rings. The molecule has 0 spiro atoms. The van der Waals surface area contributed by atoms with Crippen LogP contribution in [0, 0.1) is 6.92 Å². The number of carbonyl (C=O) groups excluding carboxylic acids is 1. The summed E-state index contributed by atoms with van der Waals surface area (Å²) in [6.45, 7) is 2.77. The Labute approximate surface area is 192 Å². The number of nitrogens with one attached hydrogen (secondary N) is 1. The van der Waals surface area contributed by atoms with Gasteiger partial charge < -0.3 is 19.5 Å². The number of nitrogens with zero attached hydrogens (tertiary/aromatic N) is 2. The molecule has 170 valence electrons. The molecular weight excluding hydrogens is 426 g/mol. The minimum absolute atomic E-state index is 0.0954. The molecular formula is C24H29N3O4S. The molecule has 4 rings (SSSR count). The molecule has 0 atom stereocenters. The summed E-state index contributed by atoms with van der Waals surface area (Å²) < 4.78 is 16.3. The molecule has 0 saturated heterocycles. The zero-order valence-electron chi connectivity index (χ0n) is 19.0. The number of aryl methyl sites for hydroxylation is 1. The van der Waals surface area contributed by atoms with Gasteiger partial charge in [-0.25, -0.2) is 4.98 Å². The Morgan fingerprint density at radius 2 is 1.88 bits per heavy atom. The van der Waals surface area contributed by atoms with Gasteiger partial charge in [0.2, 0.25) is 5.88 Å². The average Bonchev–Trinajstić information content (AvgIpc) is 3.43. The third kappa shape index (κ3) is 4.04. The molecule has 2 aromatic heterocycles. The Hall–Kier alpha value is -2.71. The molecule has 1 aliphatic carbocycles. The Morgan fingerprint density at radius 1 is 1.12 bits per heavy atom. The highest BCUT2D eigenvalue weighted by molar-refractivity contribution is 7.20. The van der Waals surface area contributed by atoms with Crippen LogP contribution in [0.5, 0.6) is 11.6 Å². The highest BCUT2D eigenvalue weighted by atomic mass is 32.1. The van der Waals surface area contributed by atoms with Crippen LogP contribution >= 0.6 is 11.3 Å². The lowest BCUT2D eigenvalue weighted by Crippen LogP contribution is -2.39. The maximum absolute atomic E-state index is 13.3. The Balaban J connectivity index is 1.63. The summed E-state index contributed by atoms with van der Waals surface area (Å²) in [5.74, 6) is 1.79. The highest BCUT2D eigenvalue weighted by Gasteiger charge is 2.38. The molecule has 0 aliphatic heterocycles. The summed E-state index contributed by atoms with van der Waals surface area (Å²) in [6, 6.07) is 8.14. The van der Waals surface area contributed by atoms with Gasteiger partial charge in [0, 0.05) is 24.6 Å². The first-order valence-corrected chi connectivity index (χ1v) is 11.6. The summed E-state index contributed by atoms with van der Waals surface area (Å²) in [4.78, 5) is 23.6. The summed E-state index contributed by atoms with van der Waals surface area (Å²) in [7, 11) is 4.87. The van der Waals surface area contributed by atoms with Gasteiger partial charge in [0.15, 0.2) is 5.82 Å². The van der Waals surface area contributed by atoms with Gasteiger partial charge in [-0.05, 0) is 31.4 Å². The topological polar surface area (TPSA) is 82.6 Å². The normalized spacial score (nSPS) is 15.1. The number of aromatic nitrogens is 2. The number of fused-ring (bicyclic) bond motifs is 1. The lowest BCUT2D eigenvalue weighted by atomic mass is 9.78. The van der Waals surface area contributed by atoms with Crippen molar-refractivity contribution in [2.75, 3.05) is 27.9 Å². The SMILES string of the molecule is COCc1nc(OC)c2c(C)c(C(=O)NCC3(c4ccccc4OC)CCCC3)sc2n1. The third-order valence-electron chi connectivity index (χ3n) is 6.30. The van der Waals surface area contributed by atoms with Crippen molar-refractivity contribution in [3.63, 3.8) is 0 Å². The predicted molar refractivity (Wildman–Crippen MR) is 125 cm³/mol. The van der Waals surface area contributed by atoms with E-state index in [1.165, 1.54) is 16.9 Å². The molecule has 8 heteroatoms. The van der Waals surface area contributed by atoms with Gasteiger partial charge >= 0.3 is 0 Å². The number of ether oxygens (including phenoxy) is 3. The van der Waals surface area contributed by atoms with Gasteiger partial charge in [-0.3, -0.25) is 4.79 Å². The van der Waals surface area contributed by atoms with Crippen LogP contribution in [0.15, 0.2) is 24.3 Å². The number of amides is 1. The first-order valence-electron chi connectivity index (χ1n) is 10.8. The molecule has 2 heterocycles. The quantitative estimate of drug-likeness (QED) is 0.542. The summed E-state index contributed by atoms with van der Waals surface area (Å²) in [5, 5.41) is 3.99. The first-order chi connectivity index (χ1) is 15.5. The molecule has 1 N–H and O–H groups in total. The van der Waals surface area contributed by atoms with Crippen molar-refractivity contribution in [3.05, 3.63) is 46.1 Å². The highest BCUT2D eigenvalue weighted by Crippen LogP contribution is 2.44. The van der Waals surface area contributed by atoms with Crippen LogP contribution in [-0.4, -0.2) is 43.7 Å². The van der Waals surface area contributed by atoms with Crippen LogP contribution < -0.4 is 14.8 Å². The Kier molecular flexibility index (Phi) is 6.62. The molecule has 0 unspecified atom stereocenters. The van der Waals surface area contributed by atoms with Crippen molar-refractivity contribution in [1.82, 2.24) is 15.3 Å². The average molecular weight is 456 g/mol. The standard InChI is InChI=1S/C24H29N3O4S/c1-15-19-22(31-4)26-18(13-29-2)27-23(19)32-20(15)21(28)25-14-24(11-7-8-12-24)16-9-5-6-10-17(16)30-3/h5-6,9-10H,7-8,11-14H2,1-4H3,(H,25,28). The molecule has 0 bridgehead atoms. The second kappa shape index (κ2) is 9.42. The maximum atomic E-state index is 13.3. The number of hydrogen-bond acceptors (Lipinski definition) is 7. The number of rotatable bonds is 8. The van der Waals surface area contributed by atoms with E-state index >= 15 is 0 Å². The van der Waals surface area contributed by atoms with Crippen molar-refractivity contribution in [2.45, 2.75) is 44.6 Å². The van der Waals surface area contributed by atoms with Gasteiger partial charge in [-0.1, -0.05) is 31.0 Å².